The van der Waals surface area contributed by atoms with Crippen molar-refractivity contribution in [1.82, 2.24) is 19.0 Å². The molecule has 0 bridgehead atoms. The quantitative estimate of drug-likeness (QED) is 0.196. The van der Waals surface area contributed by atoms with Crippen molar-refractivity contribution < 1.29 is 28.5 Å². The van der Waals surface area contributed by atoms with Gasteiger partial charge in [-0.05, 0) is 41.5 Å². The van der Waals surface area contributed by atoms with E-state index in [0.29, 0.717) is 27.8 Å². The molecule has 2 aromatic carbocycles. The van der Waals surface area contributed by atoms with Crippen LogP contribution in [0.15, 0.2) is 85.5 Å². The molecule has 0 saturated carbocycles. The molecule has 5 aromatic rings. The lowest BCUT2D eigenvalue weighted by Gasteiger charge is -2.12. The molecule has 3 aromatic heterocycles. The number of carbonyl (C=O) groups excluding carboxylic acids is 2. The maximum Gasteiger partial charge on any atom is 0.524 e. The number of pyridine rings is 1. The van der Waals surface area contributed by atoms with Crippen LogP contribution in [0.5, 0.6) is 5.75 Å². The molecule has 0 spiro atoms. The molecule has 0 radical (unpaired) electrons. The highest BCUT2D eigenvalue weighted by Crippen LogP contribution is 2.43. The van der Waals surface area contributed by atoms with Crippen molar-refractivity contribution in [2.75, 3.05) is 14.1 Å². The number of phosphoric acid groups is 1. The minimum absolute atomic E-state index is 0.0336. The Morgan fingerprint density at radius 3 is 2.49 bits per heavy atom. The summed E-state index contributed by atoms with van der Waals surface area (Å²) in [7, 11) is -1.37. The van der Waals surface area contributed by atoms with Crippen molar-refractivity contribution in [3.05, 3.63) is 108 Å². The summed E-state index contributed by atoms with van der Waals surface area (Å²) in [6.07, 6.45) is 7.11. The van der Waals surface area contributed by atoms with E-state index >= 15 is 0 Å². The van der Waals surface area contributed by atoms with Gasteiger partial charge in [0.05, 0.1) is 5.52 Å². The van der Waals surface area contributed by atoms with Gasteiger partial charge in [-0.1, -0.05) is 30.3 Å². The summed E-state index contributed by atoms with van der Waals surface area (Å²) in [4.78, 5) is 50.9. The number of hydrogen-bond acceptors (Lipinski definition) is 6. The summed E-state index contributed by atoms with van der Waals surface area (Å²) in [6.45, 7) is 0. The fraction of sp³-hybridized carbons (Fsp3) is 0.138. The Hall–Kier alpha value is -4.15. The maximum absolute atomic E-state index is 14.0. The summed E-state index contributed by atoms with van der Waals surface area (Å²) in [5, 5.41) is 0.683. The van der Waals surface area contributed by atoms with E-state index in [9.17, 15) is 14.2 Å². The van der Waals surface area contributed by atoms with Crippen LogP contribution in [0, 0.1) is 0 Å². The minimum atomic E-state index is -4.67. The second-order valence-electron chi connectivity index (χ2n) is 9.79. The fourth-order valence-electron chi connectivity index (χ4n) is 5.03. The van der Waals surface area contributed by atoms with E-state index < -0.39 is 7.82 Å². The van der Waals surface area contributed by atoms with Crippen LogP contribution in [0.1, 0.15) is 32.6 Å². The van der Waals surface area contributed by atoms with Crippen LogP contribution in [0.3, 0.4) is 0 Å². The molecule has 1 atom stereocenters. The number of amides is 1. The molecule has 6 rings (SSSR count). The highest BCUT2D eigenvalue weighted by Gasteiger charge is 2.30. The highest BCUT2D eigenvalue weighted by molar-refractivity contribution is 7.99. The van der Waals surface area contributed by atoms with Crippen molar-refractivity contribution in [2.24, 2.45) is 0 Å². The number of fused-ring (bicyclic) bond motifs is 2. The number of benzene rings is 2. The molecule has 41 heavy (non-hydrogen) atoms. The SMILES string of the molecule is CN(C)C(=O)n1cc(C(=O)c2ccn3c2CS[C@@H]3c2cccnc2)c2ccc(-c3ccc(OP(=O)(O)O)cc3)cc21. The van der Waals surface area contributed by atoms with Crippen LogP contribution < -0.4 is 4.52 Å². The molecule has 0 unspecified atom stereocenters. The summed E-state index contributed by atoms with van der Waals surface area (Å²) in [5.41, 5.74) is 5.09. The summed E-state index contributed by atoms with van der Waals surface area (Å²) in [5.74, 6) is 0.550. The van der Waals surface area contributed by atoms with E-state index in [0.717, 1.165) is 22.4 Å². The van der Waals surface area contributed by atoms with Crippen molar-refractivity contribution in [1.29, 1.82) is 0 Å². The molecule has 1 aliphatic rings. The van der Waals surface area contributed by atoms with Crippen molar-refractivity contribution >= 4 is 42.3 Å². The number of phosphoric ester groups is 1. The molecule has 1 amide bonds. The summed E-state index contributed by atoms with van der Waals surface area (Å²) < 4.78 is 19.4. The topological polar surface area (TPSA) is 127 Å². The smallest absolute Gasteiger partial charge is 0.404 e. The van der Waals surface area contributed by atoms with Crippen LogP contribution in [0.2, 0.25) is 0 Å². The average Bonchev–Trinajstić information content (AvgIpc) is 3.66. The Kier molecular flexibility index (Phi) is 6.83. The third kappa shape index (κ3) is 5.09. The lowest BCUT2D eigenvalue weighted by Crippen LogP contribution is -2.26. The second kappa shape index (κ2) is 10.4. The first kappa shape index (κ1) is 27.0. The number of hydrogen-bond donors (Lipinski definition) is 2. The Balaban J connectivity index is 1.39. The first-order valence-electron chi connectivity index (χ1n) is 12.6. The minimum Gasteiger partial charge on any atom is -0.404 e. The second-order valence-corrected chi connectivity index (χ2v) is 12.0. The van der Waals surface area contributed by atoms with E-state index in [1.165, 1.54) is 21.6 Å². The molecule has 0 fully saturated rings. The van der Waals surface area contributed by atoms with Gasteiger partial charge < -0.3 is 14.0 Å². The first-order chi connectivity index (χ1) is 19.6. The standard InChI is InChI=1S/C29H25N4O6PS/c1-31(2)29(35)33-16-24(27(34)23-11-13-32-26(23)17-41-28(32)20-4-3-12-30-15-20)22-10-7-19(14-25(22)33)18-5-8-21(9-6-18)39-40(36,37)38/h3-16,28H,17H2,1-2H3,(H2,36,37,38)/t28-/m1/s1. The predicted octanol–water partition coefficient (Wildman–Crippen LogP) is 5.53. The van der Waals surface area contributed by atoms with E-state index in [2.05, 4.69) is 14.1 Å². The Labute approximate surface area is 239 Å². The molecule has 0 saturated heterocycles. The molecule has 1 aliphatic heterocycles. The number of carbonyl (C=O) groups is 2. The van der Waals surface area contributed by atoms with Crippen molar-refractivity contribution in [3.8, 4) is 16.9 Å². The van der Waals surface area contributed by atoms with Crippen LogP contribution in [0.4, 0.5) is 4.79 Å². The van der Waals surface area contributed by atoms with Crippen LogP contribution >= 0.6 is 19.6 Å². The van der Waals surface area contributed by atoms with Crippen molar-refractivity contribution in [2.45, 2.75) is 11.1 Å². The van der Waals surface area contributed by atoms with Crippen LogP contribution in [-0.2, 0) is 10.3 Å². The molecule has 12 heteroatoms. The van der Waals surface area contributed by atoms with E-state index in [-0.39, 0.29) is 22.9 Å². The number of thioether (sulfide) groups is 1. The van der Waals surface area contributed by atoms with Gasteiger partial charge in [0, 0.05) is 72.4 Å². The third-order valence-electron chi connectivity index (χ3n) is 6.92. The lowest BCUT2D eigenvalue weighted by molar-refractivity contribution is 0.103. The zero-order valence-electron chi connectivity index (χ0n) is 22.0. The first-order valence-corrected chi connectivity index (χ1v) is 15.2. The zero-order valence-corrected chi connectivity index (χ0v) is 23.8. The highest BCUT2D eigenvalue weighted by atomic mass is 32.2. The maximum atomic E-state index is 14.0. The summed E-state index contributed by atoms with van der Waals surface area (Å²) >= 11 is 1.73. The molecule has 10 nitrogen and oxygen atoms in total. The monoisotopic (exact) mass is 588 g/mol. The molecular weight excluding hydrogens is 563 g/mol. The predicted molar refractivity (Wildman–Crippen MR) is 156 cm³/mol. The van der Waals surface area contributed by atoms with Gasteiger partial charge in [0.1, 0.15) is 11.1 Å². The number of nitrogens with zero attached hydrogens (tertiary/aromatic N) is 4. The van der Waals surface area contributed by atoms with E-state index in [1.54, 1.807) is 50.4 Å². The summed E-state index contributed by atoms with van der Waals surface area (Å²) in [6, 6.07) is 17.2. The fourth-order valence-corrected chi connectivity index (χ4v) is 6.73. The van der Waals surface area contributed by atoms with Crippen LogP contribution in [0.25, 0.3) is 22.0 Å². The van der Waals surface area contributed by atoms with Gasteiger partial charge >= 0.3 is 13.9 Å². The third-order valence-corrected chi connectivity index (χ3v) is 8.62. The van der Waals surface area contributed by atoms with Gasteiger partial charge in [0.15, 0.2) is 5.78 Å². The average molecular weight is 589 g/mol. The van der Waals surface area contributed by atoms with Gasteiger partial charge in [-0.3, -0.25) is 24.1 Å². The van der Waals surface area contributed by atoms with Gasteiger partial charge in [0.2, 0.25) is 0 Å². The number of ketones is 1. The molecule has 0 aliphatic carbocycles. The van der Waals surface area contributed by atoms with Gasteiger partial charge in [0.25, 0.3) is 0 Å². The van der Waals surface area contributed by atoms with E-state index in [4.69, 9.17) is 9.79 Å². The van der Waals surface area contributed by atoms with E-state index in [1.807, 2.05) is 48.8 Å². The Morgan fingerprint density at radius 1 is 1.05 bits per heavy atom. The van der Waals surface area contributed by atoms with Gasteiger partial charge in [-0.25, -0.2) is 9.36 Å². The lowest BCUT2D eigenvalue weighted by atomic mass is 10.00. The molecule has 208 valence electrons. The normalized spacial score (nSPS) is 14.7. The molecule has 2 N–H and O–H groups in total. The Morgan fingerprint density at radius 2 is 1.80 bits per heavy atom. The zero-order chi connectivity index (χ0) is 28.9. The molecular formula is C29H25N4O6PS. The Bertz CT molecular complexity index is 1840. The number of rotatable bonds is 6. The van der Waals surface area contributed by atoms with Gasteiger partial charge in [-0.15, -0.1) is 11.8 Å². The van der Waals surface area contributed by atoms with Crippen LogP contribution in [-0.4, -0.2) is 54.7 Å². The largest absolute Gasteiger partial charge is 0.524 e. The molecule has 4 heterocycles. The number of aromatic nitrogens is 3. The van der Waals surface area contributed by atoms with Gasteiger partial charge in [-0.2, -0.15) is 0 Å². The van der Waals surface area contributed by atoms with Crippen molar-refractivity contribution in [3.63, 3.8) is 0 Å².